The SMILES string of the molecule is Cc1cpc(P(c2cccs2)c2cccs2)cc1C. The van der Waals surface area contributed by atoms with E-state index in [1.165, 1.54) is 28.6 Å². The molecule has 3 aromatic heterocycles. The second-order valence-electron chi connectivity index (χ2n) is 4.36. The van der Waals surface area contributed by atoms with Crippen molar-refractivity contribution in [1.29, 1.82) is 0 Å². The van der Waals surface area contributed by atoms with Gasteiger partial charge >= 0.3 is 0 Å². The van der Waals surface area contributed by atoms with Crippen molar-refractivity contribution in [3.63, 3.8) is 0 Å². The Balaban J connectivity index is 2.12. The molecule has 3 aromatic rings. The van der Waals surface area contributed by atoms with Gasteiger partial charge in [0.05, 0.1) is 0 Å². The summed E-state index contributed by atoms with van der Waals surface area (Å²) in [7, 11) is 1.05. The first-order chi connectivity index (χ1) is 9.25. The predicted molar refractivity (Wildman–Crippen MR) is 92.9 cm³/mol. The normalized spacial score (nSPS) is 11.5. The van der Waals surface area contributed by atoms with Crippen LogP contribution in [0.15, 0.2) is 46.9 Å². The van der Waals surface area contributed by atoms with Gasteiger partial charge in [-0.05, 0) is 59.7 Å². The Morgan fingerprint density at radius 1 is 0.947 bits per heavy atom. The maximum absolute atomic E-state index is 2.40. The second kappa shape index (κ2) is 5.85. The van der Waals surface area contributed by atoms with Crippen molar-refractivity contribution in [1.82, 2.24) is 0 Å². The Morgan fingerprint density at radius 2 is 1.58 bits per heavy atom. The maximum Gasteiger partial charge on any atom is 0.0380 e. The number of aryl methyl sites for hydroxylation is 2. The van der Waals surface area contributed by atoms with Crippen LogP contribution in [0.25, 0.3) is 0 Å². The van der Waals surface area contributed by atoms with E-state index in [1.807, 2.05) is 22.7 Å². The lowest BCUT2D eigenvalue weighted by Crippen LogP contribution is -2.14. The summed E-state index contributed by atoms with van der Waals surface area (Å²) >= 11 is 3.77. The Kier molecular flexibility index (Phi) is 4.15. The van der Waals surface area contributed by atoms with E-state index in [2.05, 4.69) is 60.7 Å². The topological polar surface area (TPSA) is 0 Å². The van der Waals surface area contributed by atoms with Gasteiger partial charge in [-0.1, -0.05) is 20.3 Å². The minimum Gasteiger partial charge on any atom is -0.143 e. The Hall–Kier alpha value is -0.520. The third-order valence-corrected chi connectivity index (χ3v) is 9.73. The summed E-state index contributed by atoms with van der Waals surface area (Å²) in [6.07, 6.45) is 0. The van der Waals surface area contributed by atoms with Crippen LogP contribution in [-0.2, 0) is 0 Å². The summed E-state index contributed by atoms with van der Waals surface area (Å²) in [5.74, 6) is 2.35. The van der Waals surface area contributed by atoms with E-state index < -0.39 is 0 Å². The largest absolute Gasteiger partial charge is 0.143 e. The van der Waals surface area contributed by atoms with Crippen LogP contribution in [0, 0.1) is 13.8 Å². The van der Waals surface area contributed by atoms with E-state index in [0.29, 0.717) is 0 Å². The highest BCUT2D eigenvalue weighted by atomic mass is 32.1. The summed E-state index contributed by atoms with van der Waals surface area (Å²) in [6.45, 7) is 4.42. The van der Waals surface area contributed by atoms with E-state index in [4.69, 9.17) is 0 Å². The molecular weight excluding hydrogens is 306 g/mol. The minimum atomic E-state index is -0.320. The van der Waals surface area contributed by atoms with Crippen molar-refractivity contribution in [2.24, 2.45) is 0 Å². The molecule has 0 N–H and O–H groups in total. The number of hydrogen-bond donors (Lipinski definition) is 0. The lowest BCUT2D eigenvalue weighted by Gasteiger charge is -2.15. The van der Waals surface area contributed by atoms with Crippen LogP contribution >= 0.6 is 38.8 Å². The second-order valence-corrected chi connectivity index (χ2v) is 10.3. The Labute approximate surface area is 125 Å². The first-order valence-electron chi connectivity index (χ1n) is 6.06. The molecule has 0 nitrogen and oxygen atoms in total. The zero-order valence-electron chi connectivity index (χ0n) is 10.8. The predicted octanol–water partition coefficient (Wildman–Crippen LogP) is 4.76. The zero-order valence-corrected chi connectivity index (χ0v) is 14.3. The van der Waals surface area contributed by atoms with Gasteiger partial charge in [-0.2, -0.15) is 0 Å². The van der Waals surface area contributed by atoms with Crippen molar-refractivity contribution < 1.29 is 0 Å². The van der Waals surface area contributed by atoms with Crippen molar-refractivity contribution in [2.45, 2.75) is 13.8 Å². The molecule has 96 valence electrons. The van der Waals surface area contributed by atoms with Crippen LogP contribution in [0.2, 0.25) is 0 Å². The van der Waals surface area contributed by atoms with Gasteiger partial charge in [0.2, 0.25) is 0 Å². The molecule has 4 heteroatoms. The van der Waals surface area contributed by atoms with Gasteiger partial charge in [-0.15, -0.1) is 22.7 Å². The first kappa shape index (κ1) is 13.5. The van der Waals surface area contributed by atoms with Crippen LogP contribution in [0.5, 0.6) is 0 Å². The average Bonchev–Trinajstić information content (AvgIpc) is 3.07. The minimum absolute atomic E-state index is 0.320. The first-order valence-corrected chi connectivity index (χ1v) is 10.1. The molecule has 0 unspecified atom stereocenters. The lowest BCUT2D eigenvalue weighted by atomic mass is 10.2. The van der Waals surface area contributed by atoms with E-state index in [-0.39, 0.29) is 7.92 Å². The molecule has 0 saturated carbocycles. The summed E-state index contributed by atoms with van der Waals surface area (Å²) in [5, 5.41) is 5.94. The molecule has 0 aliphatic rings. The van der Waals surface area contributed by atoms with Crippen molar-refractivity contribution in [2.75, 3.05) is 0 Å². The molecule has 0 atom stereocenters. The van der Waals surface area contributed by atoms with Gasteiger partial charge in [0.25, 0.3) is 0 Å². The number of thiophene rings is 2. The fourth-order valence-electron chi connectivity index (χ4n) is 1.86. The van der Waals surface area contributed by atoms with E-state index >= 15 is 0 Å². The number of hydrogen-bond acceptors (Lipinski definition) is 2. The molecule has 3 rings (SSSR count). The molecule has 0 bridgehead atoms. The standard InChI is InChI=1S/C15H14P2S2/c1-11-9-13(16-10-12(11)2)17(14-5-3-7-18-14)15-6-4-8-19-15/h3-10H,1-2H3. The van der Waals surface area contributed by atoms with Crippen LogP contribution in [0.3, 0.4) is 0 Å². The Morgan fingerprint density at radius 3 is 2.05 bits per heavy atom. The van der Waals surface area contributed by atoms with E-state index in [9.17, 15) is 0 Å². The molecule has 0 aliphatic carbocycles. The summed E-state index contributed by atoms with van der Waals surface area (Å²) in [5.41, 5.74) is 2.83. The van der Waals surface area contributed by atoms with E-state index in [1.54, 1.807) is 5.04 Å². The third kappa shape index (κ3) is 2.83. The van der Waals surface area contributed by atoms with Gasteiger partial charge in [-0.25, -0.2) is 0 Å². The van der Waals surface area contributed by atoms with Gasteiger partial charge in [0.1, 0.15) is 0 Å². The van der Waals surface area contributed by atoms with Crippen LogP contribution in [0.4, 0.5) is 0 Å². The van der Waals surface area contributed by atoms with Crippen molar-refractivity contribution in [3.05, 3.63) is 58.0 Å². The summed E-state index contributed by atoms with van der Waals surface area (Å²) < 4.78 is 3.02. The monoisotopic (exact) mass is 320 g/mol. The zero-order chi connectivity index (χ0) is 13.2. The van der Waals surface area contributed by atoms with Crippen LogP contribution < -0.4 is 14.3 Å². The van der Waals surface area contributed by atoms with Gasteiger partial charge in [-0.3, -0.25) is 0 Å². The maximum atomic E-state index is 2.40. The van der Waals surface area contributed by atoms with Gasteiger partial charge < -0.3 is 0 Å². The average molecular weight is 320 g/mol. The van der Waals surface area contributed by atoms with Crippen LogP contribution in [-0.4, -0.2) is 0 Å². The molecule has 3 heterocycles. The molecule has 0 radical (unpaired) electrons. The lowest BCUT2D eigenvalue weighted by molar-refractivity contribution is 1.38. The summed E-state index contributed by atoms with van der Waals surface area (Å²) in [4.78, 5) is 0. The smallest absolute Gasteiger partial charge is 0.0380 e. The number of rotatable bonds is 3. The van der Waals surface area contributed by atoms with E-state index in [0.717, 1.165) is 0 Å². The fourth-order valence-corrected chi connectivity index (χ4v) is 9.28. The summed E-state index contributed by atoms with van der Waals surface area (Å²) in [6, 6.07) is 11.3. The highest BCUT2D eigenvalue weighted by Gasteiger charge is 2.19. The highest BCUT2D eigenvalue weighted by Crippen LogP contribution is 2.39. The molecule has 0 aliphatic heterocycles. The quantitative estimate of drug-likeness (QED) is 0.610. The molecule has 0 spiro atoms. The van der Waals surface area contributed by atoms with Gasteiger partial charge in [0, 0.05) is 22.2 Å². The highest BCUT2D eigenvalue weighted by molar-refractivity contribution is 7.91. The molecule has 19 heavy (non-hydrogen) atoms. The molecule has 0 aromatic carbocycles. The van der Waals surface area contributed by atoms with Crippen molar-refractivity contribution in [3.8, 4) is 0 Å². The van der Waals surface area contributed by atoms with Crippen LogP contribution in [0.1, 0.15) is 11.1 Å². The molecule has 0 amide bonds. The van der Waals surface area contributed by atoms with Gasteiger partial charge in [0.15, 0.2) is 0 Å². The Bertz CT molecular complexity index is 623. The molecule has 0 saturated heterocycles. The van der Waals surface area contributed by atoms with Crippen molar-refractivity contribution >= 4 is 53.1 Å². The third-order valence-electron chi connectivity index (χ3n) is 3.04. The fraction of sp³-hybridized carbons (Fsp3) is 0.133. The molecular formula is C15H14P2S2. The molecule has 0 fully saturated rings.